The van der Waals surface area contributed by atoms with Crippen molar-refractivity contribution < 1.29 is 4.39 Å². The Morgan fingerprint density at radius 2 is 2.33 bits per heavy atom. The van der Waals surface area contributed by atoms with Crippen molar-refractivity contribution in [1.29, 1.82) is 0 Å². The van der Waals surface area contributed by atoms with Gasteiger partial charge >= 0.3 is 0 Å². The second kappa shape index (κ2) is 4.19. The maximum Gasteiger partial charge on any atom is 0.123 e. The highest BCUT2D eigenvalue weighted by atomic mass is 19.1. The second-order valence-corrected chi connectivity index (χ2v) is 4.00. The average Bonchev–Trinajstić information content (AvgIpc) is 2.57. The minimum atomic E-state index is -0.132. The van der Waals surface area contributed by atoms with Crippen LogP contribution in [-0.4, -0.2) is 26.7 Å². The van der Waals surface area contributed by atoms with Crippen LogP contribution in [0.3, 0.4) is 0 Å². The van der Waals surface area contributed by atoms with E-state index >= 15 is 0 Å². The summed E-state index contributed by atoms with van der Waals surface area (Å²) in [4.78, 5) is 2.30. The molecule has 3 heteroatoms. The number of hydrogen-bond donors (Lipinski definition) is 1. The van der Waals surface area contributed by atoms with Gasteiger partial charge in [0.15, 0.2) is 0 Å². The van der Waals surface area contributed by atoms with Gasteiger partial charge < -0.3 is 10.2 Å². The number of anilines is 1. The molecule has 1 aliphatic heterocycles. The molecule has 0 aromatic heterocycles. The Morgan fingerprint density at radius 3 is 3.00 bits per heavy atom. The summed E-state index contributed by atoms with van der Waals surface area (Å²) < 4.78 is 13.2. The van der Waals surface area contributed by atoms with E-state index in [4.69, 9.17) is 0 Å². The molecule has 0 saturated heterocycles. The highest BCUT2D eigenvalue weighted by Crippen LogP contribution is 2.35. The van der Waals surface area contributed by atoms with Crippen LogP contribution in [-0.2, 0) is 0 Å². The third kappa shape index (κ3) is 1.84. The largest absolute Gasteiger partial charge is 0.371 e. The van der Waals surface area contributed by atoms with Crippen molar-refractivity contribution >= 4 is 5.69 Å². The molecule has 0 amide bonds. The van der Waals surface area contributed by atoms with Crippen molar-refractivity contribution in [3.8, 4) is 0 Å². The fourth-order valence-electron chi connectivity index (χ4n) is 2.32. The van der Waals surface area contributed by atoms with Crippen molar-refractivity contribution in [2.45, 2.75) is 12.8 Å². The first-order valence-corrected chi connectivity index (χ1v) is 5.45. The van der Waals surface area contributed by atoms with Gasteiger partial charge in [-0.1, -0.05) is 0 Å². The number of hydrogen-bond acceptors (Lipinski definition) is 2. The van der Waals surface area contributed by atoms with Crippen molar-refractivity contribution in [3.05, 3.63) is 29.6 Å². The summed E-state index contributed by atoms with van der Waals surface area (Å²) in [6.45, 7) is 5.02. The molecule has 1 atom stereocenters. The SMILES string of the molecule is CCN1CC(CNC)c2cc(F)ccc21. The first-order valence-electron chi connectivity index (χ1n) is 5.45. The first-order chi connectivity index (χ1) is 7.26. The van der Waals surface area contributed by atoms with Crippen LogP contribution in [0.25, 0.3) is 0 Å². The summed E-state index contributed by atoms with van der Waals surface area (Å²) in [6.07, 6.45) is 0. The lowest BCUT2D eigenvalue weighted by atomic mass is 10.0. The van der Waals surface area contributed by atoms with E-state index in [2.05, 4.69) is 17.1 Å². The number of fused-ring (bicyclic) bond motifs is 1. The average molecular weight is 208 g/mol. The van der Waals surface area contributed by atoms with Crippen LogP contribution in [0, 0.1) is 5.82 Å². The zero-order valence-electron chi connectivity index (χ0n) is 9.26. The van der Waals surface area contributed by atoms with Crippen LogP contribution < -0.4 is 10.2 Å². The Kier molecular flexibility index (Phi) is 2.91. The molecule has 1 heterocycles. The quantitative estimate of drug-likeness (QED) is 0.817. The van der Waals surface area contributed by atoms with Crippen molar-refractivity contribution in [1.82, 2.24) is 5.32 Å². The summed E-state index contributed by atoms with van der Waals surface area (Å²) in [6, 6.07) is 5.11. The van der Waals surface area contributed by atoms with E-state index in [9.17, 15) is 4.39 Å². The molecular formula is C12H17FN2. The highest BCUT2D eigenvalue weighted by molar-refractivity contribution is 5.60. The van der Waals surface area contributed by atoms with Crippen LogP contribution in [0.5, 0.6) is 0 Å². The molecule has 82 valence electrons. The molecule has 0 saturated carbocycles. The van der Waals surface area contributed by atoms with Gasteiger partial charge in [-0.25, -0.2) is 4.39 Å². The Labute approximate surface area is 90.1 Å². The summed E-state index contributed by atoms with van der Waals surface area (Å²) in [7, 11) is 1.94. The summed E-state index contributed by atoms with van der Waals surface area (Å²) in [5.41, 5.74) is 2.34. The van der Waals surface area contributed by atoms with Crippen molar-refractivity contribution in [2.24, 2.45) is 0 Å². The number of benzene rings is 1. The van der Waals surface area contributed by atoms with Crippen LogP contribution >= 0.6 is 0 Å². The van der Waals surface area contributed by atoms with Crippen LogP contribution in [0.1, 0.15) is 18.4 Å². The predicted molar refractivity (Wildman–Crippen MR) is 61.0 cm³/mol. The zero-order chi connectivity index (χ0) is 10.8. The van der Waals surface area contributed by atoms with E-state index in [1.54, 1.807) is 12.1 Å². The lowest BCUT2D eigenvalue weighted by Gasteiger charge is -2.16. The molecule has 0 bridgehead atoms. The van der Waals surface area contributed by atoms with Gasteiger partial charge in [-0.15, -0.1) is 0 Å². The fraction of sp³-hybridized carbons (Fsp3) is 0.500. The molecule has 2 rings (SSSR count). The molecule has 0 aliphatic carbocycles. The summed E-state index contributed by atoms with van der Waals surface area (Å²) in [5.74, 6) is 0.286. The Morgan fingerprint density at radius 1 is 1.53 bits per heavy atom. The number of rotatable bonds is 3. The summed E-state index contributed by atoms with van der Waals surface area (Å²) in [5, 5.41) is 3.17. The maximum atomic E-state index is 13.2. The molecular weight excluding hydrogens is 191 g/mol. The predicted octanol–water partition coefficient (Wildman–Crippen LogP) is 1.97. The lowest BCUT2D eigenvalue weighted by molar-refractivity contribution is 0.615. The fourth-order valence-corrected chi connectivity index (χ4v) is 2.32. The van der Waals surface area contributed by atoms with Gasteiger partial charge in [0, 0.05) is 31.2 Å². The van der Waals surface area contributed by atoms with Gasteiger partial charge in [-0.3, -0.25) is 0 Å². The zero-order valence-corrected chi connectivity index (χ0v) is 9.26. The minimum Gasteiger partial charge on any atom is -0.371 e. The van der Waals surface area contributed by atoms with E-state index in [-0.39, 0.29) is 5.82 Å². The molecule has 1 aromatic rings. The molecule has 0 fully saturated rings. The molecule has 1 unspecified atom stereocenters. The Hall–Kier alpha value is -1.09. The summed E-state index contributed by atoms with van der Waals surface area (Å²) >= 11 is 0. The molecule has 0 radical (unpaired) electrons. The Balaban J connectivity index is 2.34. The number of nitrogens with zero attached hydrogens (tertiary/aromatic N) is 1. The van der Waals surface area contributed by atoms with E-state index in [1.165, 1.54) is 5.69 Å². The molecule has 1 N–H and O–H groups in total. The normalized spacial score (nSPS) is 19.4. The Bertz CT molecular complexity index is 351. The van der Waals surface area contributed by atoms with E-state index in [0.717, 1.165) is 25.2 Å². The molecule has 1 aromatic carbocycles. The third-order valence-electron chi connectivity index (χ3n) is 3.04. The van der Waals surface area contributed by atoms with Crippen LogP contribution in [0.15, 0.2) is 18.2 Å². The topological polar surface area (TPSA) is 15.3 Å². The second-order valence-electron chi connectivity index (χ2n) is 4.00. The standard InChI is InChI=1S/C12H17FN2/c1-3-15-8-9(7-14-2)11-6-10(13)4-5-12(11)15/h4-6,9,14H,3,7-8H2,1-2H3. The van der Waals surface area contributed by atoms with Crippen molar-refractivity contribution in [2.75, 3.05) is 31.6 Å². The number of halogens is 1. The maximum absolute atomic E-state index is 13.2. The molecule has 1 aliphatic rings. The van der Waals surface area contributed by atoms with E-state index in [0.29, 0.717) is 5.92 Å². The van der Waals surface area contributed by atoms with E-state index < -0.39 is 0 Å². The molecule has 0 spiro atoms. The monoisotopic (exact) mass is 208 g/mol. The number of nitrogens with one attached hydrogen (secondary N) is 1. The van der Waals surface area contributed by atoms with Gasteiger partial charge in [0.25, 0.3) is 0 Å². The van der Waals surface area contributed by atoms with Gasteiger partial charge in [0.1, 0.15) is 5.82 Å². The lowest BCUT2D eigenvalue weighted by Crippen LogP contribution is -2.25. The first kappa shape index (κ1) is 10.4. The van der Waals surface area contributed by atoms with Gasteiger partial charge in [0.05, 0.1) is 0 Å². The van der Waals surface area contributed by atoms with Gasteiger partial charge in [-0.05, 0) is 37.7 Å². The highest BCUT2D eigenvalue weighted by Gasteiger charge is 2.27. The minimum absolute atomic E-state index is 0.132. The molecule has 2 nitrogen and oxygen atoms in total. The van der Waals surface area contributed by atoms with Crippen LogP contribution in [0.2, 0.25) is 0 Å². The smallest absolute Gasteiger partial charge is 0.123 e. The van der Waals surface area contributed by atoms with E-state index in [1.807, 2.05) is 13.1 Å². The van der Waals surface area contributed by atoms with Gasteiger partial charge in [0.2, 0.25) is 0 Å². The van der Waals surface area contributed by atoms with Crippen LogP contribution in [0.4, 0.5) is 10.1 Å². The van der Waals surface area contributed by atoms with Crippen molar-refractivity contribution in [3.63, 3.8) is 0 Å². The molecule has 15 heavy (non-hydrogen) atoms. The third-order valence-corrected chi connectivity index (χ3v) is 3.04. The van der Waals surface area contributed by atoms with Gasteiger partial charge in [-0.2, -0.15) is 0 Å². The number of likely N-dealkylation sites (N-methyl/N-ethyl adjacent to an activating group) is 2.